The molecule has 1 N–H and O–H groups in total. The van der Waals surface area contributed by atoms with Crippen molar-refractivity contribution in [1.82, 2.24) is 15.5 Å². The van der Waals surface area contributed by atoms with Crippen molar-refractivity contribution in [3.8, 4) is 17.2 Å². The number of aromatic nitrogens is 2. The fourth-order valence-electron chi connectivity index (χ4n) is 2.36. The highest BCUT2D eigenvalue weighted by molar-refractivity contribution is 5.78. The zero-order valence-corrected chi connectivity index (χ0v) is 14.2. The Balaban J connectivity index is 1.47. The SMILES string of the molecule is COc1ccc(CC(=O)NCCc2nnc(-c3ccc(F)cc3)o2)cc1. The fraction of sp³-hybridized carbons (Fsp3) is 0.211. The van der Waals surface area contributed by atoms with E-state index in [1.165, 1.54) is 12.1 Å². The number of rotatable bonds is 7. The lowest BCUT2D eigenvalue weighted by Gasteiger charge is -2.05. The molecule has 0 bridgehead atoms. The lowest BCUT2D eigenvalue weighted by molar-refractivity contribution is -0.120. The number of nitrogens with one attached hydrogen (secondary N) is 1. The maximum atomic E-state index is 12.9. The van der Waals surface area contributed by atoms with Gasteiger partial charge < -0.3 is 14.5 Å². The molecule has 0 unspecified atom stereocenters. The lowest BCUT2D eigenvalue weighted by atomic mass is 10.1. The molecule has 0 aliphatic heterocycles. The molecule has 0 spiro atoms. The minimum atomic E-state index is -0.326. The summed E-state index contributed by atoms with van der Waals surface area (Å²) in [7, 11) is 1.60. The second-order valence-corrected chi connectivity index (χ2v) is 5.63. The van der Waals surface area contributed by atoms with Crippen LogP contribution in [0.25, 0.3) is 11.5 Å². The first kappa shape index (κ1) is 17.6. The first-order chi connectivity index (χ1) is 12.6. The third-order valence-corrected chi connectivity index (χ3v) is 3.74. The Hall–Kier alpha value is -3.22. The Kier molecular flexibility index (Phi) is 5.58. The number of benzene rings is 2. The average Bonchev–Trinajstić information content (AvgIpc) is 3.12. The number of hydrogen-bond acceptors (Lipinski definition) is 5. The summed E-state index contributed by atoms with van der Waals surface area (Å²) in [6, 6.07) is 13.1. The van der Waals surface area contributed by atoms with Gasteiger partial charge in [0.2, 0.25) is 17.7 Å². The van der Waals surface area contributed by atoms with Crippen LogP contribution in [0.3, 0.4) is 0 Å². The Labute approximate surface area is 150 Å². The first-order valence-corrected chi connectivity index (χ1v) is 8.12. The van der Waals surface area contributed by atoms with Crippen LogP contribution < -0.4 is 10.1 Å². The number of methoxy groups -OCH3 is 1. The third kappa shape index (κ3) is 4.66. The number of carbonyl (C=O) groups is 1. The molecule has 0 fully saturated rings. The van der Waals surface area contributed by atoms with Gasteiger partial charge in [0.15, 0.2) is 0 Å². The van der Waals surface area contributed by atoms with E-state index in [9.17, 15) is 9.18 Å². The van der Waals surface area contributed by atoms with E-state index in [-0.39, 0.29) is 18.1 Å². The molecule has 134 valence electrons. The minimum Gasteiger partial charge on any atom is -0.497 e. The maximum absolute atomic E-state index is 12.9. The zero-order valence-electron chi connectivity index (χ0n) is 14.2. The van der Waals surface area contributed by atoms with Crippen LogP contribution in [0, 0.1) is 5.82 Å². The predicted molar refractivity (Wildman–Crippen MR) is 93.1 cm³/mol. The van der Waals surface area contributed by atoms with Gasteiger partial charge in [0.25, 0.3) is 0 Å². The quantitative estimate of drug-likeness (QED) is 0.705. The van der Waals surface area contributed by atoms with Crippen LogP contribution in [0.15, 0.2) is 52.9 Å². The van der Waals surface area contributed by atoms with E-state index in [0.29, 0.717) is 30.3 Å². The molecule has 0 atom stereocenters. The second-order valence-electron chi connectivity index (χ2n) is 5.63. The fourth-order valence-corrected chi connectivity index (χ4v) is 2.36. The Morgan fingerprint density at radius 3 is 2.54 bits per heavy atom. The summed E-state index contributed by atoms with van der Waals surface area (Å²) >= 11 is 0. The molecule has 0 saturated carbocycles. The molecule has 6 nitrogen and oxygen atoms in total. The molecule has 0 aliphatic rings. The molecule has 3 aromatic rings. The summed E-state index contributed by atoms with van der Waals surface area (Å²) in [5, 5.41) is 10.7. The van der Waals surface area contributed by atoms with Crippen LogP contribution in [0.5, 0.6) is 5.75 Å². The molecular formula is C19H18FN3O3. The monoisotopic (exact) mass is 355 g/mol. The van der Waals surface area contributed by atoms with Gasteiger partial charge in [-0.3, -0.25) is 4.79 Å². The highest BCUT2D eigenvalue weighted by Crippen LogP contribution is 2.18. The van der Waals surface area contributed by atoms with Crippen LogP contribution in [-0.2, 0) is 17.6 Å². The van der Waals surface area contributed by atoms with Crippen molar-refractivity contribution in [2.24, 2.45) is 0 Å². The van der Waals surface area contributed by atoms with Crippen molar-refractivity contribution in [1.29, 1.82) is 0 Å². The molecule has 3 rings (SSSR count). The Morgan fingerprint density at radius 2 is 1.85 bits per heavy atom. The predicted octanol–water partition coefficient (Wildman–Crippen LogP) is 2.79. The number of amides is 1. The largest absolute Gasteiger partial charge is 0.497 e. The summed E-state index contributed by atoms with van der Waals surface area (Å²) in [5.74, 6) is 1.07. The highest BCUT2D eigenvalue weighted by Gasteiger charge is 2.09. The lowest BCUT2D eigenvalue weighted by Crippen LogP contribution is -2.27. The van der Waals surface area contributed by atoms with Gasteiger partial charge >= 0.3 is 0 Å². The smallest absolute Gasteiger partial charge is 0.247 e. The van der Waals surface area contributed by atoms with Gasteiger partial charge in [0.1, 0.15) is 11.6 Å². The summed E-state index contributed by atoms with van der Waals surface area (Å²) in [4.78, 5) is 12.0. The van der Waals surface area contributed by atoms with Crippen LogP contribution in [0.1, 0.15) is 11.5 Å². The van der Waals surface area contributed by atoms with Crippen molar-refractivity contribution in [3.05, 3.63) is 65.8 Å². The number of nitrogens with zero attached hydrogens (tertiary/aromatic N) is 2. The first-order valence-electron chi connectivity index (χ1n) is 8.12. The molecule has 1 heterocycles. The minimum absolute atomic E-state index is 0.0894. The number of carbonyl (C=O) groups excluding carboxylic acids is 1. The second kappa shape index (κ2) is 8.24. The number of halogens is 1. The van der Waals surface area contributed by atoms with Gasteiger partial charge in [-0.05, 0) is 42.0 Å². The summed E-state index contributed by atoms with van der Waals surface area (Å²) in [6.45, 7) is 0.389. The molecule has 26 heavy (non-hydrogen) atoms. The summed E-state index contributed by atoms with van der Waals surface area (Å²) in [6.07, 6.45) is 0.706. The summed E-state index contributed by atoms with van der Waals surface area (Å²) in [5.41, 5.74) is 1.55. The molecule has 0 aliphatic carbocycles. The molecule has 1 amide bonds. The van der Waals surface area contributed by atoms with Crippen molar-refractivity contribution >= 4 is 5.91 Å². The van der Waals surface area contributed by atoms with Gasteiger partial charge in [0, 0.05) is 18.5 Å². The standard InChI is InChI=1S/C19H18FN3O3/c1-25-16-8-2-13(3-9-16)12-17(24)21-11-10-18-22-23-19(26-18)14-4-6-15(20)7-5-14/h2-9H,10-12H2,1H3,(H,21,24). The molecule has 2 aromatic carbocycles. The van der Waals surface area contributed by atoms with Gasteiger partial charge in [-0.1, -0.05) is 12.1 Å². The Morgan fingerprint density at radius 1 is 1.12 bits per heavy atom. The van der Waals surface area contributed by atoms with Gasteiger partial charge in [-0.15, -0.1) is 10.2 Å². The highest BCUT2D eigenvalue weighted by atomic mass is 19.1. The number of hydrogen-bond donors (Lipinski definition) is 1. The van der Waals surface area contributed by atoms with Gasteiger partial charge in [0.05, 0.1) is 13.5 Å². The molecule has 0 radical (unpaired) electrons. The van der Waals surface area contributed by atoms with Gasteiger partial charge in [-0.25, -0.2) is 4.39 Å². The van der Waals surface area contributed by atoms with E-state index in [1.54, 1.807) is 19.2 Å². The topological polar surface area (TPSA) is 77.2 Å². The van der Waals surface area contributed by atoms with E-state index >= 15 is 0 Å². The van der Waals surface area contributed by atoms with E-state index in [0.717, 1.165) is 11.3 Å². The van der Waals surface area contributed by atoms with Gasteiger partial charge in [-0.2, -0.15) is 0 Å². The van der Waals surface area contributed by atoms with Crippen LogP contribution in [-0.4, -0.2) is 29.8 Å². The zero-order chi connectivity index (χ0) is 18.4. The maximum Gasteiger partial charge on any atom is 0.247 e. The number of ether oxygens (including phenoxy) is 1. The summed E-state index contributed by atoms with van der Waals surface area (Å²) < 4.78 is 23.5. The normalized spacial score (nSPS) is 10.5. The van der Waals surface area contributed by atoms with Crippen LogP contribution in [0.4, 0.5) is 4.39 Å². The van der Waals surface area contributed by atoms with Crippen molar-refractivity contribution in [2.75, 3.05) is 13.7 Å². The molecular weight excluding hydrogens is 337 g/mol. The Bertz CT molecular complexity index is 860. The molecule has 7 heteroatoms. The molecule has 0 saturated heterocycles. The van der Waals surface area contributed by atoms with E-state index in [4.69, 9.17) is 9.15 Å². The third-order valence-electron chi connectivity index (χ3n) is 3.74. The van der Waals surface area contributed by atoms with Crippen LogP contribution in [0.2, 0.25) is 0 Å². The average molecular weight is 355 g/mol. The van der Waals surface area contributed by atoms with E-state index in [1.807, 2.05) is 24.3 Å². The van der Waals surface area contributed by atoms with E-state index < -0.39 is 0 Å². The van der Waals surface area contributed by atoms with Crippen molar-refractivity contribution in [2.45, 2.75) is 12.8 Å². The van der Waals surface area contributed by atoms with E-state index in [2.05, 4.69) is 15.5 Å². The van der Waals surface area contributed by atoms with Crippen LogP contribution >= 0.6 is 0 Å². The molecule has 1 aromatic heterocycles. The van der Waals surface area contributed by atoms with Crippen molar-refractivity contribution in [3.63, 3.8) is 0 Å². The van der Waals surface area contributed by atoms with Crippen molar-refractivity contribution < 1.29 is 18.3 Å².